The van der Waals surface area contributed by atoms with Crippen LogP contribution in [-0.4, -0.2) is 38.3 Å². The van der Waals surface area contributed by atoms with Crippen LogP contribution in [0.3, 0.4) is 0 Å². The second-order valence-corrected chi connectivity index (χ2v) is 8.86. The van der Waals surface area contributed by atoms with Gasteiger partial charge in [0.2, 0.25) is 0 Å². The van der Waals surface area contributed by atoms with Crippen LogP contribution in [0.5, 0.6) is 0 Å². The number of hydrogen-bond donors (Lipinski definition) is 1. The number of aryl methyl sites for hydroxylation is 1. The van der Waals surface area contributed by atoms with E-state index in [0.29, 0.717) is 12.0 Å². The minimum atomic E-state index is 0.279. The number of allylic oxidation sites excluding steroid dienone is 2. The van der Waals surface area contributed by atoms with Gasteiger partial charge in [-0.1, -0.05) is 11.6 Å². The molecule has 2 aliphatic carbocycles. The number of hydrazone groups is 1. The molecule has 3 heterocycles. The SMILES string of the molecule is Cc1nccc(C2CCC(N3N=CN4C3=CNC3=C(CCC(Cl)=C3)C4C)CC2)n1. The Kier molecular flexibility index (Phi) is 4.82. The first kappa shape index (κ1) is 18.7. The number of hydrogen-bond acceptors (Lipinski definition) is 6. The highest BCUT2D eigenvalue weighted by Gasteiger charge is 2.36. The lowest BCUT2D eigenvalue weighted by molar-refractivity contribution is 0.177. The Morgan fingerprint density at radius 3 is 2.79 bits per heavy atom. The lowest BCUT2D eigenvalue weighted by atomic mass is 9.83. The van der Waals surface area contributed by atoms with Crippen LogP contribution < -0.4 is 5.32 Å². The van der Waals surface area contributed by atoms with Gasteiger partial charge in [0.1, 0.15) is 18.0 Å². The minimum Gasteiger partial charge on any atom is -0.358 e. The molecule has 1 aromatic heterocycles. The summed E-state index contributed by atoms with van der Waals surface area (Å²) in [6, 6.07) is 2.77. The van der Waals surface area contributed by atoms with Gasteiger partial charge < -0.3 is 10.2 Å². The van der Waals surface area contributed by atoms with Gasteiger partial charge in [-0.3, -0.25) is 0 Å². The normalized spacial score (nSPS) is 29.0. The van der Waals surface area contributed by atoms with Crippen LogP contribution in [0.1, 0.15) is 62.9 Å². The predicted octanol–water partition coefficient (Wildman–Crippen LogP) is 4.33. The van der Waals surface area contributed by atoms with E-state index in [1.54, 1.807) is 0 Å². The third-order valence-electron chi connectivity index (χ3n) is 6.62. The predicted molar refractivity (Wildman–Crippen MR) is 115 cm³/mol. The largest absolute Gasteiger partial charge is 0.358 e. The molecule has 152 valence electrons. The molecule has 5 rings (SSSR count). The molecule has 0 aromatic carbocycles. The molecule has 1 fully saturated rings. The summed E-state index contributed by atoms with van der Waals surface area (Å²) in [4.78, 5) is 11.2. The van der Waals surface area contributed by atoms with Crippen molar-refractivity contribution in [1.29, 1.82) is 0 Å². The molecule has 1 unspecified atom stereocenters. The molecule has 1 aromatic rings. The van der Waals surface area contributed by atoms with Crippen LogP contribution in [0.25, 0.3) is 0 Å². The molecular formula is C22H27ClN6. The number of nitrogens with zero attached hydrogens (tertiary/aromatic N) is 5. The fraction of sp³-hybridized carbons (Fsp3) is 0.500. The topological polar surface area (TPSA) is 56.7 Å². The van der Waals surface area contributed by atoms with Crippen LogP contribution in [0, 0.1) is 6.92 Å². The van der Waals surface area contributed by atoms with E-state index in [1.165, 1.54) is 11.3 Å². The summed E-state index contributed by atoms with van der Waals surface area (Å²) in [7, 11) is 0. The Balaban J connectivity index is 1.30. The van der Waals surface area contributed by atoms with Crippen LogP contribution >= 0.6 is 11.6 Å². The summed E-state index contributed by atoms with van der Waals surface area (Å²) in [6.45, 7) is 4.22. The summed E-state index contributed by atoms with van der Waals surface area (Å²) in [5.74, 6) is 2.52. The molecule has 0 spiro atoms. The Hall–Kier alpha value is -2.34. The van der Waals surface area contributed by atoms with Gasteiger partial charge in [-0.25, -0.2) is 15.0 Å². The van der Waals surface area contributed by atoms with Crippen LogP contribution in [0.4, 0.5) is 0 Å². The fourth-order valence-electron chi connectivity index (χ4n) is 4.98. The maximum atomic E-state index is 6.29. The van der Waals surface area contributed by atoms with Crippen molar-refractivity contribution in [3.05, 3.63) is 58.2 Å². The fourth-order valence-corrected chi connectivity index (χ4v) is 5.18. The minimum absolute atomic E-state index is 0.279. The Morgan fingerprint density at radius 2 is 2.00 bits per heavy atom. The van der Waals surface area contributed by atoms with E-state index in [0.717, 1.165) is 60.9 Å². The molecule has 1 saturated carbocycles. The number of aromatic nitrogens is 2. The maximum Gasteiger partial charge on any atom is 0.147 e. The van der Waals surface area contributed by atoms with E-state index in [1.807, 2.05) is 19.5 Å². The summed E-state index contributed by atoms with van der Waals surface area (Å²) in [6.07, 6.45) is 14.5. The van der Waals surface area contributed by atoms with Gasteiger partial charge in [-0.15, -0.1) is 0 Å². The standard InChI is InChI=1S/C22H27ClN6/c1-14-19-8-5-17(23)11-21(19)25-12-22-28(14)13-26-29(22)18-6-3-16(4-7-18)20-9-10-24-15(2)27-20/h9-14,16,18,25H,3-8H2,1-2H3. The molecule has 1 N–H and O–H groups in total. The average Bonchev–Trinajstić information content (AvgIpc) is 3.10. The Morgan fingerprint density at radius 1 is 1.17 bits per heavy atom. The van der Waals surface area contributed by atoms with Gasteiger partial charge in [-0.05, 0) is 70.1 Å². The molecule has 0 amide bonds. The number of halogens is 1. The summed E-state index contributed by atoms with van der Waals surface area (Å²) in [5.41, 5.74) is 3.73. The van der Waals surface area contributed by atoms with Gasteiger partial charge in [0.05, 0.1) is 12.1 Å². The summed E-state index contributed by atoms with van der Waals surface area (Å²) in [5, 5.41) is 11.4. The van der Waals surface area contributed by atoms with E-state index in [4.69, 9.17) is 16.7 Å². The van der Waals surface area contributed by atoms with E-state index >= 15 is 0 Å². The van der Waals surface area contributed by atoms with Crippen molar-refractivity contribution >= 4 is 17.9 Å². The number of fused-ring (bicyclic) bond motifs is 1. The van der Waals surface area contributed by atoms with E-state index in [2.05, 4.69) is 50.5 Å². The summed E-state index contributed by atoms with van der Waals surface area (Å²) < 4.78 is 0. The second-order valence-electron chi connectivity index (χ2n) is 8.37. The average molecular weight is 411 g/mol. The molecule has 0 radical (unpaired) electrons. The van der Waals surface area contributed by atoms with Crippen molar-refractivity contribution in [3.8, 4) is 0 Å². The number of nitrogens with one attached hydrogen (secondary N) is 1. The lowest BCUT2D eigenvalue weighted by Crippen LogP contribution is -2.38. The van der Waals surface area contributed by atoms with Gasteiger partial charge in [-0.2, -0.15) is 5.10 Å². The number of rotatable bonds is 2. The Labute approximate surface area is 177 Å². The zero-order valence-electron chi connectivity index (χ0n) is 17.0. The van der Waals surface area contributed by atoms with Gasteiger partial charge in [0.25, 0.3) is 0 Å². The highest BCUT2D eigenvalue weighted by atomic mass is 35.5. The van der Waals surface area contributed by atoms with E-state index < -0.39 is 0 Å². The van der Waals surface area contributed by atoms with Gasteiger partial charge in [0.15, 0.2) is 0 Å². The zero-order chi connectivity index (χ0) is 20.0. The van der Waals surface area contributed by atoms with Crippen LogP contribution in [0.2, 0.25) is 0 Å². The molecular weight excluding hydrogens is 384 g/mol. The van der Waals surface area contributed by atoms with Gasteiger partial charge in [0, 0.05) is 34.7 Å². The summed E-state index contributed by atoms with van der Waals surface area (Å²) >= 11 is 6.29. The third kappa shape index (κ3) is 3.44. The highest BCUT2D eigenvalue weighted by molar-refractivity contribution is 6.29. The molecule has 1 atom stereocenters. The third-order valence-corrected chi connectivity index (χ3v) is 6.91. The van der Waals surface area contributed by atoms with Gasteiger partial charge >= 0.3 is 0 Å². The van der Waals surface area contributed by atoms with Crippen LogP contribution in [0.15, 0.2) is 51.8 Å². The molecule has 29 heavy (non-hydrogen) atoms. The molecule has 2 aliphatic heterocycles. The van der Waals surface area contributed by atoms with Crippen molar-refractivity contribution in [3.63, 3.8) is 0 Å². The van der Waals surface area contributed by atoms with Crippen molar-refractivity contribution < 1.29 is 0 Å². The molecule has 0 saturated heterocycles. The van der Waals surface area contributed by atoms with Crippen molar-refractivity contribution in [2.75, 3.05) is 0 Å². The van der Waals surface area contributed by atoms with E-state index in [9.17, 15) is 0 Å². The first-order chi connectivity index (χ1) is 14.1. The van der Waals surface area contributed by atoms with Crippen molar-refractivity contribution in [2.45, 2.75) is 70.4 Å². The highest BCUT2D eigenvalue weighted by Crippen LogP contribution is 2.39. The zero-order valence-corrected chi connectivity index (χ0v) is 17.7. The first-order valence-electron chi connectivity index (χ1n) is 10.6. The first-order valence-corrected chi connectivity index (χ1v) is 10.9. The molecule has 6 nitrogen and oxygen atoms in total. The maximum absolute atomic E-state index is 6.29. The Bertz CT molecular complexity index is 925. The monoisotopic (exact) mass is 410 g/mol. The van der Waals surface area contributed by atoms with E-state index in [-0.39, 0.29) is 6.04 Å². The molecule has 7 heteroatoms. The smallest absolute Gasteiger partial charge is 0.147 e. The second kappa shape index (κ2) is 7.48. The quantitative estimate of drug-likeness (QED) is 0.786. The lowest BCUT2D eigenvalue weighted by Gasteiger charge is -2.35. The molecule has 4 aliphatic rings. The molecule has 0 bridgehead atoms. The van der Waals surface area contributed by atoms with Crippen molar-refractivity contribution in [2.24, 2.45) is 5.10 Å². The van der Waals surface area contributed by atoms with Crippen LogP contribution in [-0.2, 0) is 0 Å². The van der Waals surface area contributed by atoms with Crippen molar-refractivity contribution in [1.82, 2.24) is 25.2 Å².